The fraction of sp³-hybridized carbons (Fsp3) is 0.462. The summed E-state index contributed by atoms with van der Waals surface area (Å²) in [5.74, 6) is -0.800. The Labute approximate surface area is 96.5 Å². The van der Waals surface area contributed by atoms with E-state index in [1.165, 1.54) is 5.56 Å². The van der Waals surface area contributed by atoms with Crippen LogP contribution in [-0.4, -0.2) is 23.2 Å². The second-order valence-electron chi connectivity index (χ2n) is 4.02. The van der Waals surface area contributed by atoms with Gasteiger partial charge in [-0.05, 0) is 25.3 Å². The van der Waals surface area contributed by atoms with E-state index in [0.29, 0.717) is 0 Å². The predicted octanol–water partition coefficient (Wildman–Crippen LogP) is 2.07. The molecule has 0 spiro atoms. The Hall–Kier alpha value is -1.35. The lowest BCUT2D eigenvalue weighted by molar-refractivity contribution is -0.139. The molecule has 0 heterocycles. The zero-order chi connectivity index (χ0) is 12.0. The highest BCUT2D eigenvalue weighted by molar-refractivity contribution is 5.72. The van der Waals surface area contributed by atoms with E-state index in [1.807, 2.05) is 18.2 Å². The molecule has 88 valence electrons. The Kier molecular flexibility index (Phi) is 4.99. The van der Waals surface area contributed by atoms with Gasteiger partial charge in [0.15, 0.2) is 0 Å². The van der Waals surface area contributed by atoms with Crippen molar-refractivity contribution in [1.29, 1.82) is 0 Å². The number of hydrogen-bond donors (Lipinski definition) is 2. The van der Waals surface area contributed by atoms with Crippen LogP contribution >= 0.6 is 0 Å². The van der Waals surface area contributed by atoms with Gasteiger partial charge < -0.3 is 10.4 Å². The van der Waals surface area contributed by atoms with Gasteiger partial charge in [-0.1, -0.05) is 37.3 Å². The maximum Gasteiger partial charge on any atom is 0.320 e. The summed E-state index contributed by atoms with van der Waals surface area (Å²) in [6, 6.07) is 9.84. The average molecular weight is 221 g/mol. The minimum Gasteiger partial charge on any atom is -0.480 e. The first-order valence-electron chi connectivity index (χ1n) is 5.66. The first kappa shape index (κ1) is 12.7. The molecule has 0 radical (unpaired) electrons. The number of aliphatic carboxylic acids is 1. The molecule has 0 fully saturated rings. The Morgan fingerprint density at radius 1 is 1.38 bits per heavy atom. The summed E-state index contributed by atoms with van der Waals surface area (Å²) < 4.78 is 0. The third kappa shape index (κ3) is 4.03. The van der Waals surface area contributed by atoms with E-state index in [1.54, 1.807) is 6.92 Å². The van der Waals surface area contributed by atoms with Gasteiger partial charge in [0.1, 0.15) is 6.04 Å². The molecule has 0 aliphatic carbocycles. The number of hydrogen-bond acceptors (Lipinski definition) is 2. The lowest BCUT2D eigenvalue weighted by atomic mass is 10.0. The van der Waals surface area contributed by atoms with Gasteiger partial charge in [-0.3, -0.25) is 4.79 Å². The number of nitrogens with one attached hydrogen (secondary N) is 1. The van der Waals surface area contributed by atoms with Crippen LogP contribution in [-0.2, 0) is 11.2 Å². The van der Waals surface area contributed by atoms with Crippen molar-refractivity contribution in [3.05, 3.63) is 35.9 Å². The van der Waals surface area contributed by atoms with Crippen LogP contribution in [0.5, 0.6) is 0 Å². The van der Waals surface area contributed by atoms with E-state index in [0.717, 1.165) is 12.8 Å². The number of benzene rings is 1. The minimum absolute atomic E-state index is 0.216. The van der Waals surface area contributed by atoms with Crippen LogP contribution in [0.3, 0.4) is 0 Å². The number of carboxylic acid groups (broad SMARTS) is 1. The van der Waals surface area contributed by atoms with Gasteiger partial charge >= 0.3 is 5.97 Å². The molecule has 16 heavy (non-hydrogen) atoms. The molecule has 2 N–H and O–H groups in total. The van der Waals surface area contributed by atoms with Gasteiger partial charge in [-0.15, -0.1) is 0 Å². The summed E-state index contributed by atoms with van der Waals surface area (Å²) in [7, 11) is 0. The molecule has 1 aromatic carbocycles. The van der Waals surface area contributed by atoms with E-state index in [9.17, 15) is 4.79 Å². The lowest BCUT2D eigenvalue weighted by Gasteiger charge is -2.19. The van der Waals surface area contributed by atoms with Gasteiger partial charge in [-0.25, -0.2) is 0 Å². The average Bonchev–Trinajstić information content (AvgIpc) is 2.29. The van der Waals surface area contributed by atoms with Crippen LogP contribution in [0.25, 0.3) is 0 Å². The zero-order valence-electron chi connectivity index (χ0n) is 9.81. The van der Waals surface area contributed by atoms with Gasteiger partial charge in [0.25, 0.3) is 0 Å². The molecule has 0 aliphatic heterocycles. The maximum absolute atomic E-state index is 10.7. The SMILES string of the molecule is CCC(Cc1ccccc1)N[C@H](C)C(=O)O. The molecule has 3 heteroatoms. The van der Waals surface area contributed by atoms with Crippen molar-refractivity contribution in [3.63, 3.8) is 0 Å². The zero-order valence-corrected chi connectivity index (χ0v) is 9.81. The summed E-state index contributed by atoms with van der Waals surface area (Å²) in [4.78, 5) is 10.7. The molecule has 0 amide bonds. The second kappa shape index (κ2) is 6.28. The molecule has 1 unspecified atom stereocenters. The number of rotatable bonds is 6. The highest BCUT2D eigenvalue weighted by Gasteiger charge is 2.15. The highest BCUT2D eigenvalue weighted by atomic mass is 16.4. The van der Waals surface area contributed by atoms with Gasteiger partial charge in [-0.2, -0.15) is 0 Å². The van der Waals surface area contributed by atoms with Gasteiger partial charge in [0, 0.05) is 6.04 Å². The quantitative estimate of drug-likeness (QED) is 0.773. The van der Waals surface area contributed by atoms with Crippen LogP contribution in [0.2, 0.25) is 0 Å². The molecule has 0 saturated carbocycles. The largest absolute Gasteiger partial charge is 0.480 e. The molecule has 1 rings (SSSR count). The summed E-state index contributed by atoms with van der Waals surface area (Å²) in [6.45, 7) is 3.74. The fourth-order valence-electron chi connectivity index (χ4n) is 1.64. The fourth-order valence-corrected chi connectivity index (χ4v) is 1.64. The van der Waals surface area contributed by atoms with Crippen molar-refractivity contribution in [2.24, 2.45) is 0 Å². The third-order valence-corrected chi connectivity index (χ3v) is 2.67. The lowest BCUT2D eigenvalue weighted by Crippen LogP contribution is -2.42. The van der Waals surface area contributed by atoms with Crippen molar-refractivity contribution >= 4 is 5.97 Å². The normalized spacial score (nSPS) is 14.4. The molecule has 1 aromatic rings. The molecule has 0 aromatic heterocycles. The Morgan fingerprint density at radius 3 is 2.50 bits per heavy atom. The molecule has 0 saturated heterocycles. The van der Waals surface area contributed by atoms with Crippen molar-refractivity contribution < 1.29 is 9.90 Å². The Morgan fingerprint density at radius 2 is 2.00 bits per heavy atom. The second-order valence-corrected chi connectivity index (χ2v) is 4.02. The van der Waals surface area contributed by atoms with Crippen LogP contribution in [0, 0.1) is 0 Å². The van der Waals surface area contributed by atoms with E-state index in [-0.39, 0.29) is 6.04 Å². The third-order valence-electron chi connectivity index (χ3n) is 2.67. The summed E-state index contributed by atoms with van der Waals surface area (Å²) in [5, 5.41) is 11.9. The number of carboxylic acids is 1. The molecular weight excluding hydrogens is 202 g/mol. The van der Waals surface area contributed by atoms with E-state index in [2.05, 4.69) is 24.4 Å². The first-order valence-corrected chi connectivity index (χ1v) is 5.66. The smallest absolute Gasteiger partial charge is 0.320 e. The summed E-state index contributed by atoms with van der Waals surface area (Å²) >= 11 is 0. The monoisotopic (exact) mass is 221 g/mol. The van der Waals surface area contributed by atoms with Crippen molar-refractivity contribution in [3.8, 4) is 0 Å². The van der Waals surface area contributed by atoms with Crippen LogP contribution in [0.1, 0.15) is 25.8 Å². The van der Waals surface area contributed by atoms with Gasteiger partial charge in [0.05, 0.1) is 0 Å². The topological polar surface area (TPSA) is 49.3 Å². The van der Waals surface area contributed by atoms with Crippen molar-refractivity contribution in [2.45, 2.75) is 38.8 Å². The molecule has 3 nitrogen and oxygen atoms in total. The molecular formula is C13H19NO2. The Bertz CT molecular complexity index is 324. The van der Waals surface area contributed by atoms with Gasteiger partial charge in [0.2, 0.25) is 0 Å². The standard InChI is InChI=1S/C13H19NO2/c1-3-12(14-10(2)13(15)16)9-11-7-5-4-6-8-11/h4-8,10,12,14H,3,9H2,1-2H3,(H,15,16)/t10-,12?/m1/s1. The van der Waals surface area contributed by atoms with E-state index in [4.69, 9.17) is 5.11 Å². The van der Waals surface area contributed by atoms with Crippen LogP contribution < -0.4 is 5.32 Å². The van der Waals surface area contributed by atoms with Crippen LogP contribution in [0.4, 0.5) is 0 Å². The predicted molar refractivity (Wildman–Crippen MR) is 64.5 cm³/mol. The van der Waals surface area contributed by atoms with Crippen molar-refractivity contribution in [2.75, 3.05) is 0 Å². The molecule has 2 atom stereocenters. The highest BCUT2D eigenvalue weighted by Crippen LogP contribution is 2.06. The number of carbonyl (C=O) groups is 1. The van der Waals surface area contributed by atoms with Crippen LogP contribution in [0.15, 0.2) is 30.3 Å². The summed E-state index contributed by atoms with van der Waals surface area (Å²) in [5.41, 5.74) is 1.24. The molecule has 0 aliphatic rings. The van der Waals surface area contributed by atoms with E-state index >= 15 is 0 Å². The van der Waals surface area contributed by atoms with E-state index < -0.39 is 12.0 Å². The minimum atomic E-state index is -0.800. The maximum atomic E-state index is 10.7. The summed E-state index contributed by atoms with van der Waals surface area (Å²) in [6.07, 6.45) is 1.79. The Balaban J connectivity index is 2.53. The molecule has 0 bridgehead atoms. The first-order chi connectivity index (χ1) is 7.63. The van der Waals surface area contributed by atoms with Crippen molar-refractivity contribution in [1.82, 2.24) is 5.32 Å².